The number of aromatic nitrogens is 4. The highest BCUT2D eigenvalue weighted by Gasteiger charge is 2.08. The fourth-order valence-electron chi connectivity index (χ4n) is 1.08. The van der Waals surface area contributed by atoms with E-state index in [0.717, 1.165) is 0 Å². The van der Waals surface area contributed by atoms with Crippen LogP contribution in [0.1, 0.15) is 11.4 Å². The molecular weight excluding hydrogens is 182 g/mol. The number of H-pyrrole nitrogens is 1. The number of tetrazole rings is 1. The van der Waals surface area contributed by atoms with Gasteiger partial charge in [0, 0.05) is 5.56 Å². The number of aromatic amines is 1. The molecular formula is C8H6N5O-. The van der Waals surface area contributed by atoms with Crippen molar-refractivity contribution >= 4 is 5.71 Å². The number of nitrogens with zero attached hydrogens (tertiary/aromatic N) is 4. The standard InChI is InChI=1S/C8H7N5O/c14-11-7(8-9-12-13-10-8)6-4-2-1-3-5-6/h1-5,14H,(H,9,10,12,13)/p-1. The summed E-state index contributed by atoms with van der Waals surface area (Å²) >= 11 is 0. The molecule has 0 bridgehead atoms. The maximum Gasteiger partial charge on any atom is 0.222 e. The van der Waals surface area contributed by atoms with Gasteiger partial charge in [0.15, 0.2) is 0 Å². The summed E-state index contributed by atoms with van der Waals surface area (Å²) in [4.78, 5) is 0. The molecule has 1 N–H and O–H groups in total. The van der Waals surface area contributed by atoms with E-state index < -0.39 is 0 Å². The summed E-state index contributed by atoms with van der Waals surface area (Å²) in [5.41, 5.74) is 0.850. The average Bonchev–Trinajstić information content (AvgIpc) is 2.74. The minimum Gasteiger partial charge on any atom is -0.791 e. The second-order valence-corrected chi connectivity index (χ2v) is 2.54. The second-order valence-electron chi connectivity index (χ2n) is 2.54. The molecule has 1 aromatic heterocycles. The van der Waals surface area contributed by atoms with Crippen LogP contribution in [0.4, 0.5) is 0 Å². The highest BCUT2D eigenvalue weighted by atomic mass is 16.4. The van der Waals surface area contributed by atoms with Gasteiger partial charge >= 0.3 is 0 Å². The monoisotopic (exact) mass is 188 g/mol. The summed E-state index contributed by atoms with van der Waals surface area (Å²) in [6.07, 6.45) is 0. The molecule has 0 radical (unpaired) electrons. The molecule has 2 aromatic rings. The first-order valence-corrected chi connectivity index (χ1v) is 3.91. The fourth-order valence-corrected chi connectivity index (χ4v) is 1.08. The van der Waals surface area contributed by atoms with Crippen LogP contribution in [-0.2, 0) is 0 Å². The predicted octanol–water partition coefficient (Wildman–Crippen LogP) is 0.535. The largest absolute Gasteiger partial charge is 0.791 e. The summed E-state index contributed by atoms with van der Waals surface area (Å²) in [6.45, 7) is 0. The van der Waals surface area contributed by atoms with Crippen LogP contribution in [-0.4, -0.2) is 26.3 Å². The second kappa shape index (κ2) is 3.65. The minimum atomic E-state index is 0.180. The zero-order valence-corrected chi connectivity index (χ0v) is 7.08. The van der Waals surface area contributed by atoms with E-state index >= 15 is 0 Å². The Morgan fingerprint density at radius 1 is 1.29 bits per heavy atom. The molecule has 0 amide bonds. The molecule has 14 heavy (non-hydrogen) atoms. The van der Waals surface area contributed by atoms with E-state index in [1.807, 2.05) is 6.07 Å². The van der Waals surface area contributed by atoms with Crippen molar-refractivity contribution in [2.24, 2.45) is 5.16 Å². The Morgan fingerprint density at radius 3 is 2.64 bits per heavy atom. The van der Waals surface area contributed by atoms with Gasteiger partial charge in [-0.25, -0.2) is 0 Å². The van der Waals surface area contributed by atoms with Crippen molar-refractivity contribution in [1.29, 1.82) is 0 Å². The SMILES string of the molecule is [O-]N=C(c1ccccc1)c1nn[nH]n1. The van der Waals surface area contributed by atoms with Crippen molar-refractivity contribution in [3.63, 3.8) is 0 Å². The summed E-state index contributed by atoms with van der Waals surface area (Å²) < 4.78 is 0. The first-order chi connectivity index (χ1) is 6.92. The van der Waals surface area contributed by atoms with Gasteiger partial charge in [0.1, 0.15) is 5.71 Å². The van der Waals surface area contributed by atoms with Gasteiger partial charge in [0.25, 0.3) is 0 Å². The number of hydrogen-bond acceptors (Lipinski definition) is 5. The van der Waals surface area contributed by atoms with Crippen LogP contribution in [0.2, 0.25) is 0 Å². The van der Waals surface area contributed by atoms with Gasteiger partial charge in [-0.15, -0.1) is 10.2 Å². The molecule has 0 aliphatic heterocycles. The van der Waals surface area contributed by atoms with Crippen LogP contribution in [0, 0.1) is 5.21 Å². The average molecular weight is 188 g/mol. The van der Waals surface area contributed by atoms with E-state index in [1.165, 1.54) is 0 Å². The molecule has 0 aliphatic carbocycles. The van der Waals surface area contributed by atoms with Crippen LogP contribution >= 0.6 is 0 Å². The topological polar surface area (TPSA) is 89.9 Å². The Hall–Kier alpha value is -2.24. The van der Waals surface area contributed by atoms with Crippen molar-refractivity contribution in [2.75, 3.05) is 0 Å². The zero-order valence-electron chi connectivity index (χ0n) is 7.08. The molecule has 0 atom stereocenters. The number of nitrogens with one attached hydrogen (secondary N) is 1. The molecule has 6 heteroatoms. The van der Waals surface area contributed by atoms with Crippen LogP contribution in [0.25, 0.3) is 0 Å². The number of rotatable bonds is 2. The Morgan fingerprint density at radius 2 is 2.07 bits per heavy atom. The van der Waals surface area contributed by atoms with Gasteiger partial charge in [-0.2, -0.15) is 5.21 Å². The molecule has 0 aliphatic rings. The van der Waals surface area contributed by atoms with Gasteiger partial charge < -0.3 is 10.4 Å². The lowest BCUT2D eigenvalue weighted by molar-refractivity contribution is 0.881. The summed E-state index contributed by atoms with van der Waals surface area (Å²) in [5, 5.41) is 26.5. The van der Waals surface area contributed by atoms with Crippen molar-refractivity contribution in [2.45, 2.75) is 0 Å². The van der Waals surface area contributed by atoms with Gasteiger partial charge in [-0.1, -0.05) is 30.3 Å². The van der Waals surface area contributed by atoms with E-state index in [1.54, 1.807) is 24.3 Å². The van der Waals surface area contributed by atoms with Crippen molar-refractivity contribution in [3.05, 3.63) is 46.9 Å². The van der Waals surface area contributed by atoms with Crippen molar-refractivity contribution in [1.82, 2.24) is 20.6 Å². The van der Waals surface area contributed by atoms with Gasteiger partial charge in [0.05, 0.1) is 0 Å². The highest BCUT2D eigenvalue weighted by molar-refractivity contribution is 6.10. The Labute approximate surface area is 79.3 Å². The lowest BCUT2D eigenvalue weighted by Gasteiger charge is -2.03. The zero-order chi connectivity index (χ0) is 9.80. The predicted molar refractivity (Wildman–Crippen MR) is 49.6 cm³/mol. The summed E-state index contributed by atoms with van der Waals surface area (Å²) in [5.74, 6) is 0.200. The van der Waals surface area contributed by atoms with Crippen LogP contribution in [0.3, 0.4) is 0 Å². The van der Waals surface area contributed by atoms with Crippen LogP contribution in [0.5, 0.6) is 0 Å². The molecule has 70 valence electrons. The lowest BCUT2D eigenvalue weighted by Crippen LogP contribution is -2.05. The van der Waals surface area contributed by atoms with E-state index in [-0.39, 0.29) is 11.5 Å². The smallest absolute Gasteiger partial charge is 0.222 e. The normalized spacial score (nSPS) is 11.6. The van der Waals surface area contributed by atoms with E-state index in [2.05, 4.69) is 25.8 Å². The molecule has 0 unspecified atom stereocenters. The van der Waals surface area contributed by atoms with Crippen LogP contribution < -0.4 is 0 Å². The molecule has 6 nitrogen and oxygen atoms in total. The minimum absolute atomic E-state index is 0.180. The number of hydrogen-bond donors (Lipinski definition) is 1. The third kappa shape index (κ3) is 1.45. The molecule has 1 aromatic carbocycles. The lowest BCUT2D eigenvalue weighted by atomic mass is 10.1. The van der Waals surface area contributed by atoms with Gasteiger partial charge in [-0.05, 0) is 5.21 Å². The number of benzene rings is 1. The van der Waals surface area contributed by atoms with Crippen LogP contribution in [0.15, 0.2) is 35.5 Å². The molecule has 0 saturated carbocycles. The van der Waals surface area contributed by atoms with E-state index in [4.69, 9.17) is 0 Å². The maximum atomic E-state index is 10.6. The fraction of sp³-hybridized carbons (Fsp3) is 0. The molecule has 1 heterocycles. The third-order valence-corrected chi connectivity index (χ3v) is 1.70. The van der Waals surface area contributed by atoms with Gasteiger partial charge in [0.2, 0.25) is 5.82 Å². The Balaban J connectivity index is 2.43. The van der Waals surface area contributed by atoms with Gasteiger partial charge in [-0.3, -0.25) is 0 Å². The molecule has 0 fully saturated rings. The van der Waals surface area contributed by atoms with E-state index in [0.29, 0.717) is 5.56 Å². The first kappa shape index (κ1) is 8.36. The molecule has 0 saturated heterocycles. The summed E-state index contributed by atoms with van der Waals surface area (Å²) in [7, 11) is 0. The van der Waals surface area contributed by atoms with Crippen molar-refractivity contribution in [3.8, 4) is 0 Å². The quantitative estimate of drug-likeness (QED) is 0.550. The van der Waals surface area contributed by atoms with E-state index in [9.17, 15) is 5.21 Å². The Kier molecular flexibility index (Phi) is 2.18. The molecule has 2 rings (SSSR count). The third-order valence-electron chi connectivity index (χ3n) is 1.70. The summed E-state index contributed by atoms with van der Waals surface area (Å²) in [6, 6.07) is 8.98. The maximum absolute atomic E-state index is 10.6. The highest BCUT2D eigenvalue weighted by Crippen LogP contribution is 2.05. The Bertz CT molecular complexity index is 422. The first-order valence-electron chi connectivity index (χ1n) is 3.91. The molecule has 0 spiro atoms. The van der Waals surface area contributed by atoms with Crippen molar-refractivity contribution < 1.29 is 0 Å².